The molecule has 2 rings (SSSR count). The molecule has 2 aliphatic carbocycles. The van der Waals surface area contributed by atoms with E-state index in [9.17, 15) is 0 Å². The zero-order valence-electron chi connectivity index (χ0n) is 9.15. The van der Waals surface area contributed by atoms with Gasteiger partial charge in [0.25, 0.3) is 0 Å². The smallest absolute Gasteiger partial charge is 0.0179 e. The Morgan fingerprint density at radius 3 is 2.17 bits per heavy atom. The first kappa shape index (κ1) is 8.59. The van der Waals surface area contributed by atoms with Crippen LogP contribution in [0.5, 0.6) is 0 Å². The molecule has 2 saturated carbocycles. The summed E-state index contributed by atoms with van der Waals surface area (Å²) in [5.41, 5.74) is 1.46. The molecule has 1 spiro atoms. The molecular weight excluding hydrogens is 144 g/mol. The van der Waals surface area contributed by atoms with Gasteiger partial charge in [0, 0.05) is 0 Å². The van der Waals surface area contributed by atoms with E-state index >= 15 is 0 Å². The zero-order chi connectivity index (χ0) is 9.15. The fourth-order valence-electron chi connectivity index (χ4n) is 3.70. The predicted molar refractivity (Wildman–Crippen MR) is 52.9 cm³/mol. The normalized spacial score (nSPS) is 50.8. The van der Waals surface area contributed by atoms with E-state index in [1.807, 2.05) is 0 Å². The monoisotopic (exact) mass is 166 g/mol. The summed E-state index contributed by atoms with van der Waals surface area (Å²) < 4.78 is 0. The molecule has 0 heteroatoms. The van der Waals surface area contributed by atoms with Crippen LogP contribution in [0.4, 0.5) is 0 Å². The van der Waals surface area contributed by atoms with Gasteiger partial charge in [0.1, 0.15) is 0 Å². The number of hydrogen-bond acceptors (Lipinski definition) is 0. The first-order valence-corrected chi connectivity index (χ1v) is 5.48. The van der Waals surface area contributed by atoms with Gasteiger partial charge in [-0.2, -0.15) is 0 Å². The zero-order valence-corrected chi connectivity index (χ0v) is 9.15. The van der Waals surface area contributed by atoms with E-state index in [0.29, 0.717) is 5.41 Å². The Morgan fingerprint density at radius 1 is 1.42 bits per heavy atom. The van der Waals surface area contributed by atoms with E-state index in [4.69, 9.17) is 0 Å². The minimum Gasteiger partial charge on any atom is -0.0651 e. The van der Waals surface area contributed by atoms with Crippen molar-refractivity contribution >= 4 is 0 Å². The number of rotatable bonds is 2. The second-order valence-corrected chi connectivity index (χ2v) is 5.68. The van der Waals surface area contributed by atoms with E-state index in [2.05, 4.69) is 34.6 Å². The lowest BCUT2D eigenvalue weighted by Crippen LogP contribution is -2.00. The van der Waals surface area contributed by atoms with Crippen molar-refractivity contribution in [1.29, 1.82) is 0 Å². The van der Waals surface area contributed by atoms with Crippen LogP contribution in [-0.4, -0.2) is 0 Å². The van der Waals surface area contributed by atoms with Gasteiger partial charge in [-0.05, 0) is 35.0 Å². The van der Waals surface area contributed by atoms with Crippen LogP contribution in [0.2, 0.25) is 0 Å². The average molecular weight is 166 g/mol. The summed E-state index contributed by atoms with van der Waals surface area (Å²) >= 11 is 0. The van der Waals surface area contributed by atoms with E-state index < -0.39 is 0 Å². The lowest BCUT2D eigenvalue weighted by Gasteiger charge is -2.07. The fraction of sp³-hybridized carbons (Fsp3) is 1.00. The molecule has 0 amide bonds. The summed E-state index contributed by atoms with van der Waals surface area (Å²) in [5.74, 6) is 3.02. The van der Waals surface area contributed by atoms with Crippen molar-refractivity contribution in [2.45, 2.75) is 47.5 Å². The van der Waals surface area contributed by atoms with Crippen LogP contribution in [0.25, 0.3) is 0 Å². The maximum Gasteiger partial charge on any atom is -0.0179 e. The minimum atomic E-state index is 0.668. The Labute approximate surface area is 76.7 Å². The topological polar surface area (TPSA) is 0 Å². The van der Waals surface area contributed by atoms with Crippen LogP contribution in [0.3, 0.4) is 0 Å². The fourth-order valence-corrected chi connectivity index (χ4v) is 3.70. The first-order valence-electron chi connectivity index (χ1n) is 5.48. The molecule has 12 heavy (non-hydrogen) atoms. The molecule has 0 saturated heterocycles. The molecule has 4 atom stereocenters. The highest BCUT2D eigenvalue weighted by molar-refractivity contribution is 5.28. The van der Waals surface area contributed by atoms with Gasteiger partial charge in [0.2, 0.25) is 0 Å². The molecule has 4 unspecified atom stereocenters. The molecule has 0 aromatic carbocycles. The molecule has 0 bridgehead atoms. The standard InChI is InChI=1S/C12H22/c1-6-8(2)10-7-12(10)9(3)11(12,4)5/h8-10H,6-7H2,1-5H3. The average Bonchev–Trinajstić information content (AvgIpc) is 2.85. The summed E-state index contributed by atoms with van der Waals surface area (Å²) in [7, 11) is 0. The highest BCUT2D eigenvalue weighted by Gasteiger charge is 2.80. The van der Waals surface area contributed by atoms with E-state index in [0.717, 1.165) is 23.2 Å². The van der Waals surface area contributed by atoms with Gasteiger partial charge >= 0.3 is 0 Å². The molecule has 0 radical (unpaired) electrons. The van der Waals surface area contributed by atoms with Crippen LogP contribution >= 0.6 is 0 Å². The summed E-state index contributed by atoms with van der Waals surface area (Å²) in [4.78, 5) is 0. The summed E-state index contributed by atoms with van der Waals surface area (Å²) in [6.07, 6.45) is 2.89. The van der Waals surface area contributed by atoms with E-state index in [1.165, 1.54) is 12.8 Å². The molecule has 0 aromatic heterocycles. The van der Waals surface area contributed by atoms with Gasteiger partial charge in [0.05, 0.1) is 0 Å². The molecule has 0 nitrogen and oxygen atoms in total. The molecule has 2 fully saturated rings. The van der Waals surface area contributed by atoms with Crippen LogP contribution in [0.1, 0.15) is 47.5 Å². The van der Waals surface area contributed by atoms with Crippen molar-refractivity contribution < 1.29 is 0 Å². The molecule has 0 heterocycles. The third kappa shape index (κ3) is 0.701. The Bertz CT molecular complexity index is 204. The summed E-state index contributed by atoms with van der Waals surface area (Å²) in [6, 6.07) is 0. The Balaban J connectivity index is 2.05. The highest BCUT2D eigenvalue weighted by atomic mass is 14.8. The third-order valence-corrected chi connectivity index (χ3v) is 5.36. The van der Waals surface area contributed by atoms with Crippen molar-refractivity contribution in [1.82, 2.24) is 0 Å². The molecule has 70 valence electrons. The first-order chi connectivity index (χ1) is 5.48. The van der Waals surface area contributed by atoms with Crippen LogP contribution in [0.15, 0.2) is 0 Å². The highest BCUT2D eigenvalue weighted by Crippen LogP contribution is 2.86. The lowest BCUT2D eigenvalue weighted by atomic mass is 9.97. The third-order valence-electron chi connectivity index (χ3n) is 5.36. The van der Waals surface area contributed by atoms with Crippen LogP contribution in [0, 0.1) is 28.6 Å². The maximum atomic E-state index is 2.46. The van der Waals surface area contributed by atoms with Gasteiger partial charge in [-0.1, -0.05) is 41.0 Å². The van der Waals surface area contributed by atoms with Gasteiger partial charge in [-0.25, -0.2) is 0 Å². The largest absolute Gasteiger partial charge is 0.0651 e. The Kier molecular flexibility index (Phi) is 1.49. The Morgan fingerprint density at radius 2 is 1.92 bits per heavy atom. The van der Waals surface area contributed by atoms with Crippen molar-refractivity contribution in [3.63, 3.8) is 0 Å². The van der Waals surface area contributed by atoms with Crippen molar-refractivity contribution in [2.24, 2.45) is 28.6 Å². The molecular formula is C12H22. The molecule has 0 aromatic rings. The predicted octanol–water partition coefficient (Wildman–Crippen LogP) is 3.71. The van der Waals surface area contributed by atoms with Crippen LogP contribution in [-0.2, 0) is 0 Å². The maximum absolute atomic E-state index is 2.46. The van der Waals surface area contributed by atoms with Gasteiger partial charge in [0.15, 0.2) is 0 Å². The van der Waals surface area contributed by atoms with Gasteiger partial charge in [-0.3, -0.25) is 0 Å². The Hall–Kier alpha value is 0. The molecule has 0 N–H and O–H groups in total. The summed E-state index contributed by atoms with van der Waals surface area (Å²) in [6.45, 7) is 12.1. The van der Waals surface area contributed by atoms with Gasteiger partial charge in [-0.15, -0.1) is 0 Å². The SMILES string of the molecule is CCC(C)C1CC12C(C)C2(C)C. The van der Waals surface area contributed by atoms with Crippen molar-refractivity contribution in [3.8, 4) is 0 Å². The second-order valence-electron chi connectivity index (χ2n) is 5.68. The second kappa shape index (κ2) is 2.08. The minimum absolute atomic E-state index is 0.668. The van der Waals surface area contributed by atoms with Crippen LogP contribution < -0.4 is 0 Å². The van der Waals surface area contributed by atoms with E-state index in [1.54, 1.807) is 0 Å². The lowest BCUT2D eigenvalue weighted by molar-refractivity contribution is 0.414. The quantitative estimate of drug-likeness (QED) is 0.586. The number of hydrogen-bond donors (Lipinski definition) is 0. The summed E-state index contributed by atoms with van der Waals surface area (Å²) in [5, 5.41) is 0. The van der Waals surface area contributed by atoms with E-state index in [-0.39, 0.29) is 0 Å². The van der Waals surface area contributed by atoms with Crippen molar-refractivity contribution in [3.05, 3.63) is 0 Å². The van der Waals surface area contributed by atoms with Crippen molar-refractivity contribution in [2.75, 3.05) is 0 Å². The molecule has 0 aliphatic heterocycles. The van der Waals surface area contributed by atoms with Gasteiger partial charge < -0.3 is 0 Å². The molecule has 2 aliphatic rings.